The van der Waals surface area contributed by atoms with Crippen molar-refractivity contribution in [2.75, 3.05) is 31.6 Å². The number of halogens is 1. The van der Waals surface area contributed by atoms with Gasteiger partial charge in [-0.2, -0.15) is 0 Å². The molecule has 2 fully saturated rings. The van der Waals surface area contributed by atoms with Crippen LogP contribution in [0.25, 0.3) is 0 Å². The summed E-state index contributed by atoms with van der Waals surface area (Å²) in [4.78, 5) is 17.6. The molecule has 1 spiro atoms. The molecule has 2 aliphatic heterocycles. The third-order valence-corrected chi connectivity index (χ3v) is 3.73. The number of amides is 2. The second kappa shape index (κ2) is 4.40. The normalized spacial score (nSPS) is 20.8. The SMILES string of the molecule is O=C(Nc1ccc(Cl)nc1)N1CC2(CCOC2)C1. The monoisotopic (exact) mass is 267 g/mol. The lowest BCUT2D eigenvalue weighted by molar-refractivity contribution is 0.0255. The number of urea groups is 1. The van der Waals surface area contributed by atoms with Crippen LogP contribution < -0.4 is 5.32 Å². The molecule has 2 aliphatic rings. The molecular weight excluding hydrogens is 254 g/mol. The molecule has 5 nitrogen and oxygen atoms in total. The fraction of sp³-hybridized carbons (Fsp3) is 0.500. The number of anilines is 1. The zero-order valence-electron chi connectivity index (χ0n) is 9.86. The molecule has 3 heterocycles. The molecule has 2 amide bonds. The molecule has 0 radical (unpaired) electrons. The quantitative estimate of drug-likeness (QED) is 0.792. The Kier molecular flexibility index (Phi) is 2.87. The molecule has 0 aliphatic carbocycles. The van der Waals surface area contributed by atoms with Crippen LogP contribution in [-0.4, -0.2) is 42.2 Å². The van der Waals surface area contributed by atoms with Crippen molar-refractivity contribution in [3.05, 3.63) is 23.5 Å². The van der Waals surface area contributed by atoms with Crippen LogP contribution >= 0.6 is 11.6 Å². The first-order valence-electron chi connectivity index (χ1n) is 5.92. The number of nitrogens with zero attached hydrogens (tertiary/aromatic N) is 2. The van der Waals surface area contributed by atoms with E-state index in [1.807, 2.05) is 0 Å². The minimum absolute atomic E-state index is 0.0864. The van der Waals surface area contributed by atoms with Crippen molar-refractivity contribution in [2.24, 2.45) is 5.41 Å². The average molecular weight is 268 g/mol. The Morgan fingerprint density at radius 3 is 2.94 bits per heavy atom. The van der Waals surface area contributed by atoms with Gasteiger partial charge >= 0.3 is 6.03 Å². The molecule has 1 N–H and O–H groups in total. The lowest BCUT2D eigenvalue weighted by Crippen LogP contribution is -2.59. The van der Waals surface area contributed by atoms with Crippen molar-refractivity contribution in [2.45, 2.75) is 6.42 Å². The molecule has 1 aromatic rings. The Bertz CT molecular complexity index is 449. The Labute approximate surface area is 110 Å². The molecule has 3 rings (SSSR count). The molecule has 0 atom stereocenters. The Balaban J connectivity index is 1.55. The van der Waals surface area contributed by atoms with Crippen LogP contribution in [0.1, 0.15) is 6.42 Å². The summed E-state index contributed by atoms with van der Waals surface area (Å²) in [5, 5.41) is 3.22. The van der Waals surface area contributed by atoms with Crippen LogP contribution in [0, 0.1) is 5.41 Å². The van der Waals surface area contributed by atoms with Crippen molar-refractivity contribution >= 4 is 23.3 Å². The second-order valence-electron chi connectivity index (χ2n) is 4.96. The van der Waals surface area contributed by atoms with Gasteiger partial charge in [-0.1, -0.05) is 11.6 Å². The van der Waals surface area contributed by atoms with Gasteiger partial charge in [0.05, 0.1) is 18.5 Å². The van der Waals surface area contributed by atoms with Crippen LogP contribution in [0.2, 0.25) is 5.15 Å². The highest BCUT2D eigenvalue weighted by molar-refractivity contribution is 6.29. The number of pyridine rings is 1. The van der Waals surface area contributed by atoms with Crippen LogP contribution in [0.4, 0.5) is 10.5 Å². The maximum Gasteiger partial charge on any atom is 0.321 e. The van der Waals surface area contributed by atoms with Crippen LogP contribution in [0.5, 0.6) is 0 Å². The number of likely N-dealkylation sites (tertiary alicyclic amines) is 1. The number of carbonyl (C=O) groups is 1. The fourth-order valence-corrected chi connectivity index (χ4v) is 2.57. The number of aromatic nitrogens is 1. The largest absolute Gasteiger partial charge is 0.381 e. The number of carbonyl (C=O) groups excluding carboxylic acids is 1. The van der Waals surface area contributed by atoms with Gasteiger partial charge in [0.25, 0.3) is 0 Å². The van der Waals surface area contributed by atoms with Gasteiger partial charge in [-0.3, -0.25) is 0 Å². The maximum absolute atomic E-state index is 11.9. The first-order valence-corrected chi connectivity index (χ1v) is 6.30. The van der Waals surface area contributed by atoms with Gasteiger partial charge in [0.15, 0.2) is 0 Å². The molecule has 18 heavy (non-hydrogen) atoms. The molecule has 0 unspecified atom stereocenters. The highest BCUT2D eigenvalue weighted by Gasteiger charge is 2.47. The lowest BCUT2D eigenvalue weighted by atomic mass is 9.79. The van der Waals surface area contributed by atoms with E-state index in [2.05, 4.69) is 10.3 Å². The number of rotatable bonds is 1. The van der Waals surface area contributed by atoms with Gasteiger partial charge in [0.1, 0.15) is 5.15 Å². The third kappa shape index (κ3) is 2.15. The summed E-state index contributed by atoms with van der Waals surface area (Å²) < 4.78 is 5.38. The molecule has 2 saturated heterocycles. The van der Waals surface area contributed by atoms with Gasteiger partial charge < -0.3 is 15.0 Å². The smallest absolute Gasteiger partial charge is 0.321 e. The minimum Gasteiger partial charge on any atom is -0.381 e. The Hall–Kier alpha value is -1.33. The van der Waals surface area contributed by atoms with Crippen LogP contribution in [0.15, 0.2) is 18.3 Å². The van der Waals surface area contributed by atoms with E-state index in [1.54, 1.807) is 23.2 Å². The molecular formula is C12H14ClN3O2. The first-order chi connectivity index (χ1) is 8.67. The topological polar surface area (TPSA) is 54.5 Å². The lowest BCUT2D eigenvalue weighted by Gasteiger charge is -2.46. The van der Waals surface area contributed by atoms with E-state index in [4.69, 9.17) is 16.3 Å². The zero-order valence-corrected chi connectivity index (χ0v) is 10.6. The standard InChI is InChI=1S/C12H14ClN3O2/c13-10-2-1-9(5-14-10)15-11(17)16-6-12(7-16)3-4-18-8-12/h1-2,5H,3-4,6-8H2,(H,15,17). The van der Waals surface area contributed by atoms with Gasteiger partial charge in [-0.25, -0.2) is 9.78 Å². The van der Waals surface area contributed by atoms with Crippen molar-refractivity contribution < 1.29 is 9.53 Å². The predicted molar refractivity (Wildman–Crippen MR) is 67.7 cm³/mol. The molecule has 0 aromatic carbocycles. The Morgan fingerprint density at radius 1 is 1.50 bits per heavy atom. The van der Waals surface area contributed by atoms with Gasteiger partial charge in [-0.05, 0) is 18.6 Å². The summed E-state index contributed by atoms with van der Waals surface area (Å²) >= 11 is 5.68. The number of hydrogen-bond donors (Lipinski definition) is 1. The van der Waals surface area contributed by atoms with E-state index in [1.165, 1.54) is 0 Å². The van der Waals surface area contributed by atoms with E-state index in [9.17, 15) is 4.79 Å². The summed E-state index contributed by atoms with van der Waals surface area (Å²) in [6.45, 7) is 3.15. The maximum atomic E-state index is 11.9. The van der Waals surface area contributed by atoms with Crippen molar-refractivity contribution in [1.82, 2.24) is 9.88 Å². The molecule has 0 bridgehead atoms. The summed E-state index contributed by atoms with van der Waals surface area (Å²) in [5.41, 5.74) is 0.878. The summed E-state index contributed by atoms with van der Waals surface area (Å²) in [6.07, 6.45) is 2.60. The number of ether oxygens (including phenoxy) is 1. The van der Waals surface area contributed by atoms with E-state index in [0.717, 1.165) is 32.7 Å². The summed E-state index contributed by atoms with van der Waals surface area (Å²) in [5.74, 6) is 0. The summed E-state index contributed by atoms with van der Waals surface area (Å²) in [7, 11) is 0. The fourth-order valence-electron chi connectivity index (χ4n) is 2.46. The minimum atomic E-state index is -0.0864. The average Bonchev–Trinajstić information content (AvgIpc) is 2.79. The van der Waals surface area contributed by atoms with E-state index in [0.29, 0.717) is 10.8 Å². The number of hydrogen-bond acceptors (Lipinski definition) is 3. The molecule has 1 aromatic heterocycles. The number of nitrogens with one attached hydrogen (secondary N) is 1. The van der Waals surface area contributed by atoms with Crippen molar-refractivity contribution in [3.8, 4) is 0 Å². The van der Waals surface area contributed by atoms with Crippen LogP contribution in [-0.2, 0) is 4.74 Å². The Morgan fingerprint density at radius 2 is 2.33 bits per heavy atom. The predicted octanol–water partition coefficient (Wildman–Crippen LogP) is 1.99. The van der Waals surface area contributed by atoms with Crippen LogP contribution in [0.3, 0.4) is 0 Å². The van der Waals surface area contributed by atoms with Gasteiger partial charge in [0, 0.05) is 25.1 Å². The highest BCUT2D eigenvalue weighted by Crippen LogP contribution is 2.38. The highest BCUT2D eigenvalue weighted by atomic mass is 35.5. The van der Waals surface area contributed by atoms with Crippen molar-refractivity contribution in [3.63, 3.8) is 0 Å². The summed E-state index contributed by atoms with van der Waals surface area (Å²) in [6, 6.07) is 3.30. The van der Waals surface area contributed by atoms with Gasteiger partial charge in [-0.15, -0.1) is 0 Å². The first kappa shape index (κ1) is 11.7. The van der Waals surface area contributed by atoms with E-state index < -0.39 is 0 Å². The second-order valence-corrected chi connectivity index (χ2v) is 5.35. The van der Waals surface area contributed by atoms with E-state index in [-0.39, 0.29) is 11.4 Å². The van der Waals surface area contributed by atoms with Crippen molar-refractivity contribution in [1.29, 1.82) is 0 Å². The molecule has 96 valence electrons. The molecule has 6 heteroatoms. The zero-order chi connectivity index (χ0) is 12.6. The van der Waals surface area contributed by atoms with Gasteiger partial charge in [0.2, 0.25) is 0 Å². The third-order valence-electron chi connectivity index (χ3n) is 3.50. The van der Waals surface area contributed by atoms with E-state index >= 15 is 0 Å². The molecule has 0 saturated carbocycles.